The maximum atomic E-state index is 6.44. The molecule has 4 rings (SSSR count). The standard InChI is InChI=1S/C18H14Cl3N/c19-10-7-8-14(16(21)9-10)17-12-4-1-3-11(12)13-5-2-6-15(20)18(13)22-17/h1-3,5-9,11-12,17,22H,4H2. The van der Waals surface area contributed by atoms with E-state index in [4.69, 9.17) is 34.8 Å². The summed E-state index contributed by atoms with van der Waals surface area (Å²) in [6.45, 7) is 0. The molecule has 112 valence electrons. The lowest BCUT2D eigenvalue weighted by atomic mass is 9.77. The Morgan fingerprint density at radius 2 is 1.82 bits per heavy atom. The molecule has 3 atom stereocenters. The monoisotopic (exact) mass is 349 g/mol. The predicted octanol–water partition coefficient (Wildman–Crippen LogP) is 6.47. The Hall–Kier alpha value is -1.15. The Labute approximate surface area is 144 Å². The van der Waals surface area contributed by atoms with Crippen molar-refractivity contribution >= 4 is 40.5 Å². The van der Waals surface area contributed by atoms with E-state index in [9.17, 15) is 0 Å². The van der Waals surface area contributed by atoms with Crippen LogP contribution in [-0.4, -0.2) is 0 Å². The number of fused-ring (bicyclic) bond motifs is 3. The van der Waals surface area contributed by atoms with Crippen molar-refractivity contribution in [2.45, 2.75) is 18.4 Å². The summed E-state index contributed by atoms with van der Waals surface area (Å²) in [5.74, 6) is 0.830. The zero-order valence-corrected chi connectivity index (χ0v) is 14.0. The average Bonchev–Trinajstić information content (AvgIpc) is 2.97. The summed E-state index contributed by atoms with van der Waals surface area (Å²) in [4.78, 5) is 0. The molecule has 2 aromatic rings. The van der Waals surface area contributed by atoms with E-state index in [-0.39, 0.29) is 6.04 Å². The number of nitrogens with one attached hydrogen (secondary N) is 1. The number of rotatable bonds is 1. The Balaban J connectivity index is 1.84. The van der Waals surface area contributed by atoms with E-state index in [1.54, 1.807) is 6.07 Å². The van der Waals surface area contributed by atoms with Crippen LogP contribution in [0.15, 0.2) is 48.6 Å². The summed E-state index contributed by atoms with van der Waals surface area (Å²) < 4.78 is 0. The van der Waals surface area contributed by atoms with Crippen LogP contribution in [0.2, 0.25) is 15.1 Å². The van der Waals surface area contributed by atoms with Gasteiger partial charge in [0.2, 0.25) is 0 Å². The molecule has 3 unspecified atom stereocenters. The SMILES string of the molecule is Clc1ccc(C2Nc3c(Cl)cccc3C3C=CCC32)c(Cl)c1. The summed E-state index contributed by atoms with van der Waals surface area (Å²) in [7, 11) is 0. The molecule has 1 nitrogen and oxygen atoms in total. The van der Waals surface area contributed by atoms with Crippen LogP contribution in [0.5, 0.6) is 0 Å². The molecule has 0 fully saturated rings. The molecule has 0 aromatic heterocycles. The number of hydrogen-bond donors (Lipinski definition) is 1. The molecular weight excluding hydrogens is 337 g/mol. The molecule has 2 aliphatic rings. The molecule has 22 heavy (non-hydrogen) atoms. The van der Waals surface area contributed by atoms with Crippen molar-refractivity contribution in [3.8, 4) is 0 Å². The van der Waals surface area contributed by atoms with Gasteiger partial charge < -0.3 is 5.32 Å². The van der Waals surface area contributed by atoms with Gasteiger partial charge in [-0.1, -0.05) is 65.2 Å². The molecule has 1 aliphatic heterocycles. The topological polar surface area (TPSA) is 12.0 Å². The molecular formula is C18H14Cl3N. The van der Waals surface area contributed by atoms with Crippen LogP contribution >= 0.6 is 34.8 Å². The van der Waals surface area contributed by atoms with Crippen molar-refractivity contribution in [2.24, 2.45) is 5.92 Å². The summed E-state index contributed by atoms with van der Waals surface area (Å²) in [5.41, 5.74) is 3.37. The highest BCUT2D eigenvalue weighted by Gasteiger charge is 2.39. The largest absolute Gasteiger partial charge is 0.376 e. The Kier molecular flexibility index (Phi) is 3.60. The fourth-order valence-electron chi connectivity index (χ4n) is 3.64. The van der Waals surface area contributed by atoms with Crippen molar-refractivity contribution in [1.82, 2.24) is 0 Å². The lowest BCUT2D eigenvalue weighted by Gasteiger charge is -2.38. The third-order valence-corrected chi connectivity index (χ3v) is 5.52. The van der Waals surface area contributed by atoms with Gasteiger partial charge in [-0.2, -0.15) is 0 Å². The van der Waals surface area contributed by atoms with Crippen LogP contribution in [0.4, 0.5) is 5.69 Å². The van der Waals surface area contributed by atoms with Crippen LogP contribution < -0.4 is 5.32 Å². The minimum Gasteiger partial charge on any atom is -0.376 e. The maximum Gasteiger partial charge on any atom is 0.0640 e. The first-order chi connectivity index (χ1) is 10.6. The molecule has 1 aliphatic carbocycles. The quantitative estimate of drug-likeness (QED) is 0.581. The van der Waals surface area contributed by atoms with Gasteiger partial charge in [-0.05, 0) is 41.7 Å². The van der Waals surface area contributed by atoms with Gasteiger partial charge in [-0.15, -0.1) is 0 Å². The molecule has 0 bridgehead atoms. The second-order valence-electron chi connectivity index (χ2n) is 5.85. The normalized spacial score (nSPS) is 25.5. The number of hydrogen-bond acceptors (Lipinski definition) is 1. The van der Waals surface area contributed by atoms with Gasteiger partial charge in [0, 0.05) is 16.0 Å². The van der Waals surface area contributed by atoms with Crippen molar-refractivity contribution in [1.29, 1.82) is 0 Å². The fraction of sp³-hybridized carbons (Fsp3) is 0.222. The first-order valence-corrected chi connectivity index (χ1v) is 8.45. The molecule has 0 amide bonds. The van der Waals surface area contributed by atoms with Crippen LogP contribution in [-0.2, 0) is 0 Å². The van der Waals surface area contributed by atoms with E-state index < -0.39 is 0 Å². The number of halogens is 3. The highest BCUT2D eigenvalue weighted by atomic mass is 35.5. The molecule has 0 spiro atoms. The van der Waals surface area contributed by atoms with Gasteiger partial charge in [-0.3, -0.25) is 0 Å². The minimum absolute atomic E-state index is 0.136. The number of anilines is 1. The molecule has 0 radical (unpaired) electrons. The first kappa shape index (κ1) is 14.4. The molecule has 4 heteroatoms. The highest BCUT2D eigenvalue weighted by Crippen LogP contribution is 2.52. The van der Waals surface area contributed by atoms with Gasteiger partial charge in [0.25, 0.3) is 0 Å². The van der Waals surface area contributed by atoms with Gasteiger partial charge in [0.05, 0.1) is 16.8 Å². The summed E-state index contributed by atoms with van der Waals surface area (Å²) in [6.07, 6.45) is 5.58. The zero-order valence-electron chi connectivity index (χ0n) is 11.7. The number of para-hydroxylation sites is 1. The summed E-state index contributed by atoms with van der Waals surface area (Å²) in [6, 6.07) is 11.9. The molecule has 1 N–H and O–H groups in total. The predicted molar refractivity (Wildman–Crippen MR) is 94.3 cm³/mol. The van der Waals surface area contributed by atoms with Crippen molar-refractivity contribution in [3.05, 3.63) is 74.7 Å². The van der Waals surface area contributed by atoms with Crippen LogP contribution in [0.1, 0.15) is 29.5 Å². The van der Waals surface area contributed by atoms with E-state index in [1.165, 1.54) is 5.56 Å². The third kappa shape index (κ3) is 2.23. The molecule has 0 saturated carbocycles. The third-order valence-electron chi connectivity index (χ3n) is 4.64. The second kappa shape index (κ2) is 5.49. The average molecular weight is 351 g/mol. The smallest absolute Gasteiger partial charge is 0.0640 e. The molecule has 0 saturated heterocycles. The zero-order chi connectivity index (χ0) is 15.3. The Bertz CT molecular complexity index is 769. The highest BCUT2D eigenvalue weighted by molar-refractivity contribution is 6.35. The lowest BCUT2D eigenvalue weighted by molar-refractivity contribution is 0.426. The summed E-state index contributed by atoms with van der Waals surface area (Å²) >= 11 is 18.9. The second-order valence-corrected chi connectivity index (χ2v) is 7.10. The van der Waals surface area contributed by atoms with Crippen LogP contribution in [0, 0.1) is 5.92 Å². The van der Waals surface area contributed by atoms with E-state index in [0.717, 1.165) is 22.7 Å². The maximum absolute atomic E-state index is 6.44. The van der Waals surface area contributed by atoms with Gasteiger partial charge in [-0.25, -0.2) is 0 Å². The van der Waals surface area contributed by atoms with Crippen LogP contribution in [0.25, 0.3) is 0 Å². The van der Waals surface area contributed by atoms with Crippen LogP contribution in [0.3, 0.4) is 0 Å². The molecule has 1 heterocycles. The van der Waals surface area contributed by atoms with E-state index in [0.29, 0.717) is 21.9 Å². The lowest BCUT2D eigenvalue weighted by Crippen LogP contribution is -2.29. The van der Waals surface area contributed by atoms with E-state index >= 15 is 0 Å². The van der Waals surface area contributed by atoms with E-state index in [1.807, 2.05) is 24.3 Å². The number of benzene rings is 2. The van der Waals surface area contributed by atoms with Crippen molar-refractivity contribution < 1.29 is 0 Å². The van der Waals surface area contributed by atoms with E-state index in [2.05, 4.69) is 23.5 Å². The summed E-state index contributed by atoms with van der Waals surface area (Å²) in [5, 5.41) is 5.73. The van der Waals surface area contributed by atoms with Gasteiger partial charge in [0.1, 0.15) is 0 Å². The van der Waals surface area contributed by atoms with Gasteiger partial charge >= 0.3 is 0 Å². The molecule has 2 aromatic carbocycles. The number of allylic oxidation sites excluding steroid dienone is 2. The van der Waals surface area contributed by atoms with Crippen molar-refractivity contribution in [3.63, 3.8) is 0 Å². The first-order valence-electron chi connectivity index (χ1n) is 7.31. The van der Waals surface area contributed by atoms with Gasteiger partial charge in [0.15, 0.2) is 0 Å². The minimum atomic E-state index is 0.136. The Morgan fingerprint density at radius 3 is 2.64 bits per heavy atom. The fourth-order valence-corrected chi connectivity index (χ4v) is 4.41. The van der Waals surface area contributed by atoms with Crippen molar-refractivity contribution in [2.75, 3.05) is 5.32 Å². The Morgan fingerprint density at radius 1 is 0.955 bits per heavy atom.